The highest BCUT2D eigenvalue weighted by atomic mass is 32.2. The molecule has 0 saturated heterocycles. The van der Waals surface area contributed by atoms with E-state index in [2.05, 4.69) is 17.0 Å². The number of rotatable bonds is 5. The van der Waals surface area contributed by atoms with Crippen LogP contribution in [0.4, 0.5) is 0 Å². The van der Waals surface area contributed by atoms with E-state index in [9.17, 15) is 8.42 Å². The Kier molecular flexibility index (Phi) is 5.41. The Hall–Kier alpha value is -0.910. The maximum absolute atomic E-state index is 12.7. The zero-order valence-corrected chi connectivity index (χ0v) is 14.0. The normalized spacial score (nSPS) is 23.2. The quantitative estimate of drug-likeness (QED) is 0.879. The van der Waals surface area contributed by atoms with Gasteiger partial charge in [-0.2, -0.15) is 0 Å². The molecule has 5 heteroatoms. The van der Waals surface area contributed by atoms with Crippen molar-refractivity contribution in [3.05, 3.63) is 29.3 Å². The van der Waals surface area contributed by atoms with Crippen molar-refractivity contribution in [3.8, 4) is 0 Å². The second-order valence-corrected chi connectivity index (χ2v) is 7.80. The fourth-order valence-electron chi connectivity index (χ4n) is 3.00. The van der Waals surface area contributed by atoms with Crippen molar-refractivity contribution in [3.63, 3.8) is 0 Å². The number of sulfonamides is 1. The summed E-state index contributed by atoms with van der Waals surface area (Å²) in [6.45, 7) is 4.65. The van der Waals surface area contributed by atoms with E-state index in [1.54, 1.807) is 6.07 Å². The molecule has 0 aromatic heterocycles. The first-order valence-electron chi connectivity index (χ1n) is 7.70. The Labute approximate surface area is 128 Å². The van der Waals surface area contributed by atoms with E-state index in [0.29, 0.717) is 17.4 Å². The lowest BCUT2D eigenvalue weighted by molar-refractivity contribution is 0.310. The number of hydrogen-bond acceptors (Lipinski definition) is 3. The van der Waals surface area contributed by atoms with Gasteiger partial charge in [-0.1, -0.05) is 31.9 Å². The predicted octanol–water partition coefficient (Wildman–Crippen LogP) is 2.57. The molecule has 118 valence electrons. The summed E-state index contributed by atoms with van der Waals surface area (Å²) in [4.78, 5) is 0.410. The van der Waals surface area contributed by atoms with Crippen LogP contribution in [0.3, 0.4) is 0 Å². The second kappa shape index (κ2) is 6.90. The first-order chi connectivity index (χ1) is 9.94. The molecule has 0 spiro atoms. The van der Waals surface area contributed by atoms with Gasteiger partial charge in [-0.05, 0) is 49.9 Å². The molecule has 1 aliphatic rings. The van der Waals surface area contributed by atoms with E-state index in [1.165, 1.54) is 6.42 Å². The summed E-state index contributed by atoms with van der Waals surface area (Å²) in [7, 11) is -1.58. The molecule has 0 amide bonds. The number of hydrogen-bond donors (Lipinski definition) is 2. The summed E-state index contributed by atoms with van der Waals surface area (Å²) in [5.41, 5.74) is 1.78. The van der Waals surface area contributed by atoms with Gasteiger partial charge < -0.3 is 5.32 Å². The molecule has 0 radical (unpaired) electrons. The largest absolute Gasteiger partial charge is 0.316 e. The van der Waals surface area contributed by atoms with Gasteiger partial charge in [0.1, 0.15) is 0 Å². The van der Waals surface area contributed by atoms with Gasteiger partial charge in [-0.25, -0.2) is 13.1 Å². The SMILES string of the molecule is CNCc1ccc(C)c(S(=O)(=O)NC2CCCCC2C)c1. The van der Waals surface area contributed by atoms with Crippen molar-refractivity contribution in [1.82, 2.24) is 10.0 Å². The molecule has 4 nitrogen and oxygen atoms in total. The van der Waals surface area contributed by atoms with E-state index in [1.807, 2.05) is 26.1 Å². The van der Waals surface area contributed by atoms with Crippen LogP contribution in [-0.4, -0.2) is 21.5 Å². The van der Waals surface area contributed by atoms with Gasteiger partial charge in [-0.15, -0.1) is 0 Å². The zero-order chi connectivity index (χ0) is 15.5. The molecule has 1 fully saturated rings. The summed E-state index contributed by atoms with van der Waals surface area (Å²) < 4.78 is 28.3. The topological polar surface area (TPSA) is 58.2 Å². The molecular formula is C16H26N2O2S. The van der Waals surface area contributed by atoms with Crippen LogP contribution in [0.2, 0.25) is 0 Å². The molecule has 1 aromatic carbocycles. The highest BCUT2D eigenvalue weighted by molar-refractivity contribution is 7.89. The van der Waals surface area contributed by atoms with Crippen molar-refractivity contribution in [2.75, 3.05) is 7.05 Å². The highest BCUT2D eigenvalue weighted by Gasteiger charge is 2.27. The van der Waals surface area contributed by atoms with Gasteiger partial charge in [0.2, 0.25) is 10.0 Å². The number of nitrogens with one attached hydrogen (secondary N) is 2. The molecule has 1 aliphatic carbocycles. The van der Waals surface area contributed by atoms with Gasteiger partial charge >= 0.3 is 0 Å². The van der Waals surface area contributed by atoms with E-state index in [4.69, 9.17) is 0 Å². The Morgan fingerprint density at radius 3 is 2.62 bits per heavy atom. The number of benzene rings is 1. The van der Waals surface area contributed by atoms with Crippen LogP contribution in [0.5, 0.6) is 0 Å². The molecule has 0 aliphatic heterocycles. The third kappa shape index (κ3) is 4.05. The van der Waals surface area contributed by atoms with E-state index in [0.717, 1.165) is 30.4 Å². The molecule has 2 rings (SSSR count). The number of aryl methyl sites for hydroxylation is 1. The Balaban J connectivity index is 2.24. The summed E-state index contributed by atoms with van der Waals surface area (Å²) in [5, 5.41) is 3.06. The van der Waals surface area contributed by atoms with Crippen molar-refractivity contribution >= 4 is 10.0 Å². The van der Waals surface area contributed by atoms with Crippen molar-refractivity contribution in [2.24, 2.45) is 5.92 Å². The molecular weight excluding hydrogens is 284 g/mol. The fraction of sp³-hybridized carbons (Fsp3) is 0.625. The summed E-state index contributed by atoms with van der Waals surface area (Å²) in [6, 6.07) is 5.69. The minimum atomic E-state index is -3.44. The van der Waals surface area contributed by atoms with Crippen LogP contribution in [0.1, 0.15) is 43.7 Å². The molecule has 21 heavy (non-hydrogen) atoms. The van der Waals surface area contributed by atoms with Gasteiger partial charge in [0.05, 0.1) is 4.90 Å². The third-order valence-electron chi connectivity index (χ3n) is 4.34. The smallest absolute Gasteiger partial charge is 0.241 e. The van der Waals surface area contributed by atoms with Crippen molar-refractivity contribution in [2.45, 2.75) is 57.0 Å². The average Bonchev–Trinajstić information content (AvgIpc) is 2.43. The Morgan fingerprint density at radius 1 is 1.24 bits per heavy atom. The van der Waals surface area contributed by atoms with Gasteiger partial charge in [0.15, 0.2) is 0 Å². The van der Waals surface area contributed by atoms with Crippen molar-refractivity contribution < 1.29 is 8.42 Å². The summed E-state index contributed by atoms with van der Waals surface area (Å²) in [5.74, 6) is 0.411. The molecule has 2 N–H and O–H groups in total. The zero-order valence-electron chi connectivity index (χ0n) is 13.1. The minimum absolute atomic E-state index is 0.0658. The lowest BCUT2D eigenvalue weighted by atomic mass is 9.87. The van der Waals surface area contributed by atoms with Crippen LogP contribution >= 0.6 is 0 Å². The minimum Gasteiger partial charge on any atom is -0.316 e. The van der Waals surface area contributed by atoms with Crippen LogP contribution in [0, 0.1) is 12.8 Å². The lowest BCUT2D eigenvalue weighted by Gasteiger charge is -2.29. The molecule has 1 saturated carbocycles. The third-order valence-corrected chi connectivity index (χ3v) is 5.97. The Morgan fingerprint density at radius 2 is 1.95 bits per heavy atom. The van der Waals surface area contributed by atoms with E-state index in [-0.39, 0.29) is 6.04 Å². The maximum Gasteiger partial charge on any atom is 0.241 e. The van der Waals surface area contributed by atoms with Gasteiger partial charge in [0.25, 0.3) is 0 Å². The van der Waals surface area contributed by atoms with Crippen LogP contribution in [0.15, 0.2) is 23.1 Å². The fourth-order valence-corrected chi connectivity index (χ4v) is 4.68. The molecule has 2 atom stereocenters. The molecule has 2 unspecified atom stereocenters. The summed E-state index contributed by atoms with van der Waals surface area (Å²) in [6.07, 6.45) is 4.36. The monoisotopic (exact) mass is 310 g/mol. The van der Waals surface area contributed by atoms with Crippen LogP contribution in [-0.2, 0) is 16.6 Å². The average molecular weight is 310 g/mol. The van der Waals surface area contributed by atoms with E-state index >= 15 is 0 Å². The van der Waals surface area contributed by atoms with Crippen LogP contribution < -0.4 is 10.0 Å². The van der Waals surface area contributed by atoms with E-state index < -0.39 is 10.0 Å². The molecule has 0 bridgehead atoms. The summed E-state index contributed by atoms with van der Waals surface area (Å²) >= 11 is 0. The Bertz CT molecular complexity index is 584. The van der Waals surface area contributed by atoms with Crippen LogP contribution in [0.25, 0.3) is 0 Å². The standard InChI is InChI=1S/C16H26N2O2S/c1-12-6-4-5-7-15(12)18-21(19,20)16-10-14(11-17-3)9-8-13(16)2/h8-10,12,15,17-18H,4-7,11H2,1-3H3. The van der Waals surface area contributed by atoms with Gasteiger partial charge in [0, 0.05) is 12.6 Å². The van der Waals surface area contributed by atoms with Gasteiger partial charge in [-0.3, -0.25) is 0 Å². The predicted molar refractivity (Wildman–Crippen MR) is 85.7 cm³/mol. The molecule has 1 aromatic rings. The maximum atomic E-state index is 12.7. The first kappa shape index (κ1) is 16.5. The highest BCUT2D eigenvalue weighted by Crippen LogP contribution is 2.26. The lowest BCUT2D eigenvalue weighted by Crippen LogP contribution is -2.41. The van der Waals surface area contributed by atoms with Crippen molar-refractivity contribution in [1.29, 1.82) is 0 Å². The second-order valence-electron chi connectivity index (χ2n) is 6.12. The first-order valence-corrected chi connectivity index (χ1v) is 9.19. The molecule has 0 heterocycles.